The lowest BCUT2D eigenvalue weighted by molar-refractivity contribution is 0.529. The van der Waals surface area contributed by atoms with Crippen LogP contribution in [0.4, 0.5) is 0 Å². The summed E-state index contributed by atoms with van der Waals surface area (Å²) in [6.07, 6.45) is 8.69. The maximum Gasteiger partial charge on any atom is 0.189 e. The van der Waals surface area contributed by atoms with Crippen LogP contribution in [-0.2, 0) is 0 Å². The highest BCUT2D eigenvalue weighted by Gasteiger charge is 2.32. The summed E-state index contributed by atoms with van der Waals surface area (Å²) in [4.78, 5) is 0. The predicted octanol–water partition coefficient (Wildman–Crippen LogP) is 3.46. The first-order chi connectivity index (χ1) is 12.9. The van der Waals surface area contributed by atoms with Crippen molar-refractivity contribution in [1.82, 2.24) is 0 Å². The zero-order valence-electron chi connectivity index (χ0n) is 17.8. The molecule has 0 fully saturated rings. The molecule has 0 atom stereocenters. The van der Waals surface area contributed by atoms with Crippen LogP contribution < -0.4 is 0 Å². The summed E-state index contributed by atoms with van der Waals surface area (Å²) < 4.78 is 0. The van der Waals surface area contributed by atoms with Gasteiger partial charge in [-0.3, -0.25) is 0 Å². The number of hydrogen-bond donors (Lipinski definition) is 0. The smallest absolute Gasteiger partial charge is 0.104 e. The average Bonchev–Trinajstić information content (AvgIpc) is 3.26. The minimum atomic E-state index is 0.0982. The summed E-state index contributed by atoms with van der Waals surface area (Å²) in [7, 11) is 21.6. The van der Waals surface area contributed by atoms with Gasteiger partial charge in [0.2, 0.25) is 0 Å². The second-order valence-electron chi connectivity index (χ2n) is 10.1. The minimum Gasteiger partial charge on any atom is -0.104 e. The summed E-state index contributed by atoms with van der Waals surface area (Å²) in [5.74, 6) is 0. The normalized spacial score (nSPS) is 21.6. The molecule has 4 aliphatic rings. The molecule has 4 aliphatic heterocycles. The molecule has 0 unspecified atom stereocenters. The van der Waals surface area contributed by atoms with Gasteiger partial charge in [-0.15, -0.1) is 10.9 Å². The van der Waals surface area contributed by atoms with E-state index in [0.717, 1.165) is 21.9 Å². The zero-order valence-corrected chi connectivity index (χ0v) is 17.8. The Balaban J connectivity index is 1.45. The highest BCUT2D eigenvalue weighted by molar-refractivity contribution is 6.75. The van der Waals surface area contributed by atoms with Crippen LogP contribution in [0.25, 0.3) is 0 Å². The maximum absolute atomic E-state index is 6.33. The molecule has 6 heteroatoms. The molecule has 0 N–H and O–H groups in total. The molecule has 4 heterocycles. The molecular weight excluding hydrogens is 329 g/mol. The summed E-state index contributed by atoms with van der Waals surface area (Å²) >= 11 is 0. The first kappa shape index (κ1) is 19.9. The summed E-state index contributed by atoms with van der Waals surface area (Å²) in [5, 5.41) is 0. The Hall–Kier alpha value is -1.43. The zero-order chi connectivity index (χ0) is 20.4. The van der Waals surface area contributed by atoms with Crippen LogP contribution in [0.2, 0.25) is 0 Å². The van der Waals surface area contributed by atoms with Crippen molar-refractivity contribution >= 4 is 44.8 Å². The van der Waals surface area contributed by atoms with Crippen molar-refractivity contribution in [2.45, 2.75) is 41.5 Å². The molecule has 128 valence electrons. The fourth-order valence-electron chi connectivity index (χ4n) is 3.90. The van der Waals surface area contributed by atoms with Gasteiger partial charge in [0.05, 0.1) is 0 Å². The fourth-order valence-corrected chi connectivity index (χ4v) is 3.90. The Labute approximate surface area is 176 Å². The fraction of sp³-hybridized carbons (Fsp3) is 0.364. The quantitative estimate of drug-likeness (QED) is 0.669. The van der Waals surface area contributed by atoms with Crippen molar-refractivity contribution in [1.29, 1.82) is 0 Å². The van der Waals surface area contributed by atoms with Crippen LogP contribution >= 0.6 is 0 Å². The third-order valence-corrected chi connectivity index (χ3v) is 5.78. The number of rotatable bonds is 2. The molecule has 0 nitrogen and oxygen atoms in total. The molecule has 0 aromatic carbocycles. The topological polar surface area (TPSA) is 0 Å². The van der Waals surface area contributed by atoms with Gasteiger partial charge in [-0.2, -0.15) is 0 Å². The molecule has 0 saturated heterocycles. The van der Waals surface area contributed by atoms with Crippen molar-refractivity contribution in [3.63, 3.8) is 0 Å². The molecule has 28 heavy (non-hydrogen) atoms. The van der Waals surface area contributed by atoms with Gasteiger partial charge in [0, 0.05) is 0 Å². The van der Waals surface area contributed by atoms with Crippen molar-refractivity contribution in [3.05, 3.63) is 79.0 Å². The monoisotopic (exact) mass is 352 g/mol. The summed E-state index contributed by atoms with van der Waals surface area (Å²) in [6, 6.07) is 0. The van der Waals surface area contributed by atoms with E-state index in [1.54, 1.807) is 0 Å². The van der Waals surface area contributed by atoms with Crippen LogP contribution in [0.3, 0.4) is 0 Å². The molecule has 4 rings (SSSR count). The van der Waals surface area contributed by atoms with Gasteiger partial charge in [0.1, 0.15) is 15.7 Å². The van der Waals surface area contributed by atoms with Gasteiger partial charge in [0.15, 0.2) is 29.1 Å². The SMILES string of the molecule is [B]C1=C(C2=CC3=C([B]2)C=C(C2=C([B])C=C(C(C)(C)C)[B]2)[B]3)[B]C(C(C)(C)C)=C1. The first-order valence-corrected chi connectivity index (χ1v) is 9.95. The van der Waals surface area contributed by atoms with Gasteiger partial charge < -0.3 is 0 Å². The standard InChI is InChI=1S/C22H22B6/c1-21(2,3)17-7-11(23)19(27-17)15-9-13-14(25-15)10-16(26-13)20-12(24)8-18(28-20)22(4,5)6/h7-10H,1-6H3. The molecule has 0 aromatic rings. The molecule has 8 radical (unpaired) electrons. The molecule has 0 spiro atoms. The van der Waals surface area contributed by atoms with E-state index >= 15 is 0 Å². The molecule has 0 amide bonds. The number of allylic oxidation sites excluding steroid dienone is 14. The largest absolute Gasteiger partial charge is 0.189 e. The van der Waals surface area contributed by atoms with Crippen LogP contribution in [0, 0.1) is 10.8 Å². The Bertz CT molecular complexity index is 901. The van der Waals surface area contributed by atoms with E-state index in [4.69, 9.17) is 15.7 Å². The number of hydrogen-bond acceptors (Lipinski definition) is 0. The van der Waals surface area contributed by atoms with Gasteiger partial charge in [-0.05, 0) is 10.8 Å². The third kappa shape index (κ3) is 3.49. The van der Waals surface area contributed by atoms with Crippen molar-refractivity contribution < 1.29 is 0 Å². The first-order valence-electron chi connectivity index (χ1n) is 9.95. The van der Waals surface area contributed by atoms with E-state index in [2.05, 4.69) is 95.0 Å². The predicted molar refractivity (Wildman–Crippen MR) is 127 cm³/mol. The van der Waals surface area contributed by atoms with E-state index in [-0.39, 0.29) is 10.8 Å². The second kappa shape index (κ2) is 6.54. The van der Waals surface area contributed by atoms with Gasteiger partial charge in [0.25, 0.3) is 0 Å². The van der Waals surface area contributed by atoms with Gasteiger partial charge >= 0.3 is 0 Å². The van der Waals surface area contributed by atoms with Crippen molar-refractivity contribution in [2.24, 2.45) is 10.8 Å². The lowest BCUT2D eigenvalue weighted by Crippen LogP contribution is -2.16. The summed E-state index contributed by atoms with van der Waals surface area (Å²) in [5.41, 5.74) is 11.6. The Morgan fingerprint density at radius 1 is 0.571 bits per heavy atom. The maximum atomic E-state index is 6.33. The lowest BCUT2D eigenvalue weighted by Gasteiger charge is -2.21. The van der Waals surface area contributed by atoms with E-state index in [1.165, 1.54) is 32.8 Å². The third-order valence-electron chi connectivity index (χ3n) is 5.78. The van der Waals surface area contributed by atoms with Crippen molar-refractivity contribution in [3.8, 4) is 0 Å². The van der Waals surface area contributed by atoms with Crippen LogP contribution in [0.5, 0.6) is 0 Å². The van der Waals surface area contributed by atoms with Crippen LogP contribution in [-0.4, -0.2) is 44.8 Å². The Kier molecular flexibility index (Phi) is 4.64. The Morgan fingerprint density at radius 2 is 0.929 bits per heavy atom. The van der Waals surface area contributed by atoms with E-state index in [0.29, 0.717) is 0 Å². The van der Waals surface area contributed by atoms with E-state index < -0.39 is 0 Å². The molecule has 0 saturated carbocycles. The molecule has 0 aromatic heterocycles. The van der Waals surface area contributed by atoms with E-state index in [1.807, 2.05) is 0 Å². The highest BCUT2D eigenvalue weighted by atomic mass is 14.2. The van der Waals surface area contributed by atoms with Gasteiger partial charge in [-0.25, -0.2) is 0 Å². The van der Waals surface area contributed by atoms with Crippen LogP contribution in [0.15, 0.2) is 79.0 Å². The molecule has 0 bridgehead atoms. The Morgan fingerprint density at radius 3 is 1.21 bits per heavy atom. The van der Waals surface area contributed by atoms with Gasteiger partial charge in [-0.1, -0.05) is 110 Å². The summed E-state index contributed by atoms with van der Waals surface area (Å²) in [6.45, 7) is 13.3. The minimum absolute atomic E-state index is 0.0982. The van der Waals surface area contributed by atoms with E-state index in [9.17, 15) is 0 Å². The lowest BCUT2D eigenvalue weighted by atomic mass is 9.48. The van der Waals surface area contributed by atoms with Crippen LogP contribution in [0.1, 0.15) is 41.5 Å². The molecular formula is C22H22B6. The second-order valence-corrected chi connectivity index (χ2v) is 10.1. The highest BCUT2D eigenvalue weighted by Crippen LogP contribution is 2.40. The van der Waals surface area contributed by atoms with Crippen molar-refractivity contribution in [2.75, 3.05) is 0 Å². The average molecular weight is 351 g/mol. The molecule has 0 aliphatic carbocycles.